The lowest BCUT2D eigenvalue weighted by Gasteiger charge is -2.30. The van der Waals surface area contributed by atoms with Gasteiger partial charge in [-0.1, -0.05) is 12.2 Å². The number of likely N-dealkylation sites (tertiary alicyclic amines) is 1. The molecule has 1 heterocycles. The van der Waals surface area contributed by atoms with Crippen LogP contribution in [0.1, 0.15) is 53.9 Å². The first kappa shape index (κ1) is 27.1. The first-order valence-corrected chi connectivity index (χ1v) is 12.2. The second-order valence-electron chi connectivity index (χ2n) is 9.65. The van der Waals surface area contributed by atoms with Gasteiger partial charge in [-0.25, -0.2) is 0 Å². The number of aliphatic imine (C=N–C) groups is 1. The maximum absolute atomic E-state index is 12.7. The number of guanidine groups is 1. The maximum atomic E-state index is 12.7. The van der Waals surface area contributed by atoms with E-state index in [0.29, 0.717) is 31.6 Å². The molecule has 8 heteroatoms. The van der Waals surface area contributed by atoms with E-state index in [1.165, 1.54) is 4.90 Å². The van der Waals surface area contributed by atoms with Crippen LogP contribution in [-0.2, 0) is 9.59 Å². The Bertz CT molecular complexity index is 671. The molecular formula is C24H42IN5O2. The van der Waals surface area contributed by atoms with Crippen LogP contribution in [0.2, 0.25) is 0 Å². The van der Waals surface area contributed by atoms with E-state index >= 15 is 0 Å². The molecule has 2 fully saturated rings. The number of amides is 2. The van der Waals surface area contributed by atoms with Gasteiger partial charge in [0.15, 0.2) is 5.96 Å². The lowest BCUT2D eigenvalue weighted by molar-refractivity contribution is -0.140. The number of hydrogen-bond donors (Lipinski definition) is 2. The largest absolute Gasteiger partial charge is 0.357 e. The van der Waals surface area contributed by atoms with Crippen molar-refractivity contribution in [1.29, 1.82) is 0 Å². The van der Waals surface area contributed by atoms with Crippen molar-refractivity contribution >= 4 is 41.8 Å². The molecule has 3 rings (SSSR count). The third-order valence-corrected chi connectivity index (χ3v) is 6.93. The van der Waals surface area contributed by atoms with Crippen molar-refractivity contribution in [3.8, 4) is 0 Å². The average Bonchev–Trinajstić information content (AvgIpc) is 3.39. The minimum Gasteiger partial charge on any atom is -0.357 e. The van der Waals surface area contributed by atoms with Crippen LogP contribution in [0, 0.1) is 23.7 Å². The Labute approximate surface area is 210 Å². The highest BCUT2D eigenvalue weighted by Gasteiger charge is 2.58. The summed E-state index contributed by atoms with van der Waals surface area (Å²) in [5, 5.41) is 6.69. The second kappa shape index (κ2) is 12.3. The van der Waals surface area contributed by atoms with Gasteiger partial charge in [-0.3, -0.25) is 24.4 Å². The van der Waals surface area contributed by atoms with E-state index in [1.807, 2.05) is 0 Å². The molecule has 4 unspecified atom stereocenters. The molecule has 2 N–H and O–H groups in total. The number of carbonyl (C=O) groups excluding carboxylic acids is 2. The van der Waals surface area contributed by atoms with E-state index < -0.39 is 0 Å². The van der Waals surface area contributed by atoms with Gasteiger partial charge < -0.3 is 10.6 Å². The van der Waals surface area contributed by atoms with Crippen molar-refractivity contribution in [2.24, 2.45) is 28.7 Å². The monoisotopic (exact) mass is 559 g/mol. The van der Waals surface area contributed by atoms with Crippen LogP contribution >= 0.6 is 24.0 Å². The first-order valence-electron chi connectivity index (χ1n) is 12.2. The molecule has 1 aliphatic heterocycles. The zero-order valence-corrected chi connectivity index (χ0v) is 22.7. The molecule has 0 spiro atoms. The van der Waals surface area contributed by atoms with Crippen molar-refractivity contribution in [3.63, 3.8) is 0 Å². The smallest absolute Gasteiger partial charge is 0.233 e. The number of imide groups is 1. The van der Waals surface area contributed by atoms with Gasteiger partial charge in [0.1, 0.15) is 0 Å². The quantitative estimate of drug-likeness (QED) is 0.102. The molecule has 32 heavy (non-hydrogen) atoms. The van der Waals surface area contributed by atoms with Crippen LogP contribution in [0.3, 0.4) is 0 Å². The van der Waals surface area contributed by atoms with Gasteiger partial charge in [0.25, 0.3) is 0 Å². The van der Waals surface area contributed by atoms with Crippen molar-refractivity contribution < 1.29 is 9.59 Å². The van der Waals surface area contributed by atoms with E-state index in [2.05, 4.69) is 67.3 Å². The van der Waals surface area contributed by atoms with Crippen molar-refractivity contribution in [2.75, 3.05) is 32.7 Å². The SMILES string of the molecule is CCNC(=NCCCN1C(=O)C2C3C=CC(C3)C2C1=O)NCCCN(C(C)C)C(C)C.I. The molecular weight excluding hydrogens is 517 g/mol. The van der Waals surface area contributed by atoms with Gasteiger partial charge in [0.05, 0.1) is 11.8 Å². The summed E-state index contributed by atoms with van der Waals surface area (Å²) in [5.74, 6) is 1.26. The van der Waals surface area contributed by atoms with Gasteiger partial charge in [-0.2, -0.15) is 0 Å². The molecule has 0 aromatic carbocycles. The summed E-state index contributed by atoms with van der Waals surface area (Å²) in [5.41, 5.74) is 0. The standard InChI is InChI=1S/C24H41N5O2.HI/c1-6-25-24(26-11-7-13-28(16(2)3)17(4)5)27-12-8-14-29-22(30)20-18-9-10-19(15-18)21(20)23(29)31;/h9-10,16-21H,6-8,11-15H2,1-5H3,(H2,25,26,27);1H. The van der Waals surface area contributed by atoms with Crippen LogP contribution < -0.4 is 10.6 Å². The Morgan fingerprint density at radius 2 is 1.66 bits per heavy atom. The molecule has 3 aliphatic rings. The number of allylic oxidation sites excluding steroid dienone is 2. The van der Waals surface area contributed by atoms with Crippen LogP contribution in [0.4, 0.5) is 0 Å². The van der Waals surface area contributed by atoms with Crippen molar-refractivity contribution in [2.45, 2.75) is 66.0 Å². The number of carbonyl (C=O) groups is 2. The predicted molar refractivity (Wildman–Crippen MR) is 140 cm³/mol. The van der Waals surface area contributed by atoms with Crippen LogP contribution in [0.15, 0.2) is 17.1 Å². The number of hydrogen-bond acceptors (Lipinski definition) is 4. The molecule has 182 valence electrons. The summed E-state index contributed by atoms with van der Waals surface area (Å²) in [6, 6.07) is 1.09. The number of rotatable bonds is 11. The fourth-order valence-corrected chi connectivity index (χ4v) is 5.53. The molecule has 4 atom stereocenters. The highest BCUT2D eigenvalue weighted by atomic mass is 127. The van der Waals surface area contributed by atoms with Crippen molar-refractivity contribution in [1.82, 2.24) is 20.4 Å². The molecule has 2 amide bonds. The first-order chi connectivity index (χ1) is 14.8. The number of nitrogens with zero attached hydrogens (tertiary/aromatic N) is 3. The normalized spacial score (nSPS) is 26.5. The number of nitrogens with one attached hydrogen (secondary N) is 2. The van der Waals surface area contributed by atoms with E-state index in [0.717, 1.165) is 38.4 Å². The lowest BCUT2D eigenvalue weighted by Crippen LogP contribution is -2.41. The second-order valence-corrected chi connectivity index (χ2v) is 9.65. The van der Waals surface area contributed by atoms with E-state index in [4.69, 9.17) is 0 Å². The molecule has 0 aromatic heterocycles. The van der Waals surface area contributed by atoms with E-state index in [-0.39, 0.29) is 59.5 Å². The van der Waals surface area contributed by atoms with E-state index in [1.54, 1.807) is 0 Å². The third-order valence-electron chi connectivity index (χ3n) is 6.93. The molecule has 7 nitrogen and oxygen atoms in total. The third kappa shape index (κ3) is 6.04. The summed E-state index contributed by atoms with van der Waals surface area (Å²) < 4.78 is 0. The van der Waals surface area contributed by atoms with Gasteiger partial charge >= 0.3 is 0 Å². The van der Waals surface area contributed by atoms with E-state index in [9.17, 15) is 9.59 Å². The predicted octanol–water partition coefficient (Wildman–Crippen LogP) is 2.87. The minimum absolute atomic E-state index is 0. The Balaban J connectivity index is 0.00000363. The molecule has 2 bridgehead atoms. The van der Waals surface area contributed by atoms with Crippen LogP contribution in [0.25, 0.3) is 0 Å². The zero-order chi connectivity index (χ0) is 22.5. The minimum atomic E-state index is -0.0961. The average molecular weight is 560 g/mol. The number of halogens is 1. The van der Waals surface area contributed by atoms with Gasteiger partial charge in [-0.05, 0) is 65.7 Å². The van der Waals surface area contributed by atoms with Gasteiger partial charge in [0.2, 0.25) is 11.8 Å². The molecule has 2 aliphatic carbocycles. The highest BCUT2D eigenvalue weighted by Crippen LogP contribution is 2.52. The molecule has 0 radical (unpaired) electrons. The fourth-order valence-electron chi connectivity index (χ4n) is 5.53. The number of fused-ring (bicyclic) bond motifs is 5. The van der Waals surface area contributed by atoms with Crippen molar-refractivity contribution in [3.05, 3.63) is 12.2 Å². The topological polar surface area (TPSA) is 77.0 Å². The van der Waals surface area contributed by atoms with Crippen LogP contribution in [-0.4, -0.2) is 72.4 Å². The molecule has 0 aromatic rings. The summed E-state index contributed by atoms with van der Waals surface area (Å²) in [6.45, 7) is 14.8. The Morgan fingerprint density at radius 3 is 2.19 bits per heavy atom. The summed E-state index contributed by atoms with van der Waals surface area (Å²) in [7, 11) is 0. The Morgan fingerprint density at radius 1 is 1.06 bits per heavy atom. The lowest BCUT2D eigenvalue weighted by atomic mass is 9.85. The van der Waals surface area contributed by atoms with Gasteiger partial charge in [0, 0.05) is 44.8 Å². The zero-order valence-electron chi connectivity index (χ0n) is 20.3. The highest BCUT2D eigenvalue weighted by molar-refractivity contribution is 14.0. The fraction of sp³-hybridized carbons (Fsp3) is 0.792. The molecule has 1 saturated carbocycles. The summed E-state index contributed by atoms with van der Waals surface area (Å²) in [4.78, 5) is 34.1. The van der Waals surface area contributed by atoms with Gasteiger partial charge in [-0.15, -0.1) is 24.0 Å². The maximum Gasteiger partial charge on any atom is 0.233 e. The summed E-state index contributed by atoms with van der Waals surface area (Å²) >= 11 is 0. The molecule has 1 saturated heterocycles. The Hall–Kier alpha value is -1.16. The summed E-state index contributed by atoms with van der Waals surface area (Å²) in [6.07, 6.45) is 7.01. The Kier molecular flexibility index (Phi) is 10.4. The van der Waals surface area contributed by atoms with Crippen LogP contribution in [0.5, 0.6) is 0 Å².